The van der Waals surface area contributed by atoms with Crippen molar-refractivity contribution in [1.82, 2.24) is 9.97 Å². The topological polar surface area (TPSA) is 55.0 Å². The fraction of sp³-hybridized carbons (Fsp3) is 0.0909. The third kappa shape index (κ3) is 2.01. The Bertz CT molecular complexity index is 553. The van der Waals surface area contributed by atoms with Gasteiger partial charge < -0.3 is 9.72 Å². The smallest absolute Gasteiger partial charge is 0.214 e. The molecule has 88 valence electrons. The van der Waals surface area contributed by atoms with Crippen LogP contribution in [0, 0.1) is 11.6 Å². The molecule has 0 unspecified atom stereocenters. The summed E-state index contributed by atoms with van der Waals surface area (Å²) < 4.78 is 31.2. The number of hydrogen-bond donors (Lipinski definition) is 1. The van der Waals surface area contributed by atoms with Gasteiger partial charge in [-0.05, 0) is 6.07 Å². The lowest BCUT2D eigenvalue weighted by atomic mass is 10.1. The van der Waals surface area contributed by atoms with Gasteiger partial charge in [-0.15, -0.1) is 0 Å². The minimum atomic E-state index is -0.921. The fourth-order valence-electron chi connectivity index (χ4n) is 1.46. The number of rotatable bonds is 3. The fourth-order valence-corrected chi connectivity index (χ4v) is 1.46. The SMILES string of the molecule is COc1c(F)cc(F)cc1C(=O)c1cnc[nH]1. The second kappa shape index (κ2) is 4.32. The molecule has 0 saturated carbocycles. The lowest BCUT2D eigenvalue weighted by Crippen LogP contribution is -2.06. The largest absolute Gasteiger partial charge is 0.493 e. The van der Waals surface area contributed by atoms with Gasteiger partial charge in [0.15, 0.2) is 11.6 Å². The molecule has 0 atom stereocenters. The van der Waals surface area contributed by atoms with E-state index in [1.54, 1.807) is 0 Å². The summed E-state index contributed by atoms with van der Waals surface area (Å²) in [5.41, 5.74) is -0.0532. The summed E-state index contributed by atoms with van der Waals surface area (Å²) in [7, 11) is 1.21. The normalized spacial score (nSPS) is 10.3. The van der Waals surface area contributed by atoms with Crippen LogP contribution in [0.4, 0.5) is 8.78 Å². The van der Waals surface area contributed by atoms with Crippen LogP contribution in [0.25, 0.3) is 0 Å². The van der Waals surface area contributed by atoms with Gasteiger partial charge in [-0.3, -0.25) is 4.79 Å². The predicted molar refractivity (Wildman–Crippen MR) is 54.9 cm³/mol. The molecular formula is C11H8F2N2O2. The molecule has 0 aliphatic heterocycles. The molecule has 4 nitrogen and oxygen atoms in total. The molecule has 1 aromatic heterocycles. The van der Waals surface area contributed by atoms with Crippen molar-refractivity contribution in [3.8, 4) is 5.75 Å². The van der Waals surface area contributed by atoms with Crippen LogP contribution < -0.4 is 4.74 Å². The highest BCUT2D eigenvalue weighted by atomic mass is 19.1. The molecule has 1 aromatic carbocycles. The maximum absolute atomic E-state index is 13.4. The van der Waals surface area contributed by atoms with Gasteiger partial charge in [-0.25, -0.2) is 13.8 Å². The third-order valence-corrected chi connectivity index (χ3v) is 2.20. The summed E-state index contributed by atoms with van der Waals surface area (Å²) in [6.07, 6.45) is 2.57. The number of carbonyl (C=O) groups is 1. The Balaban J connectivity index is 2.55. The molecular weight excluding hydrogens is 230 g/mol. The van der Waals surface area contributed by atoms with E-state index in [9.17, 15) is 13.6 Å². The van der Waals surface area contributed by atoms with Gasteiger partial charge in [0, 0.05) is 6.07 Å². The van der Waals surface area contributed by atoms with E-state index in [1.807, 2.05) is 0 Å². The van der Waals surface area contributed by atoms with Crippen molar-refractivity contribution in [2.45, 2.75) is 0 Å². The molecule has 0 bridgehead atoms. The van der Waals surface area contributed by atoms with Crippen molar-refractivity contribution in [2.24, 2.45) is 0 Å². The van der Waals surface area contributed by atoms with Gasteiger partial charge in [0.05, 0.1) is 25.2 Å². The number of hydrogen-bond acceptors (Lipinski definition) is 3. The number of ether oxygens (including phenoxy) is 1. The zero-order valence-electron chi connectivity index (χ0n) is 8.83. The van der Waals surface area contributed by atoms with Crippen molar-refractivity contribution >= 4 is 5.78 Å². The van der Waals surface area contributed by atoms with Crippen molar-refractivity contribution in [1.29, 1.82) is 0 Å². The van der Waals surface area contributed by atoms with E-state index in [-0.39, 0.29) is 17.0 Å². The van der Waals surface area contributed by atoms with Gasteiger partial charge in [0.1, 0.15) is 11.5 Å². The summed E-state index contributed by atoms with van der Waals surface area (Å²) in [6, 6.07) is 1.58. The Kier molecular flexibility index (Phi) is 2.86. The maximum atomic E-state index is 13.4. The van der Waals surface area contributed by atoms with E-state index in [4.69, 9.17) is 4.74 Å². The second-order valence-electron chi connectivity index (χ2n) is 3.26. The Morgan fingerprint density at radius 2 is 2.18 bits per heavy atom. The molecule has 0 aliphatic rings. The number of H-pyrrole nitrogens is 1. The first-order valence-corrected chi connectivity index (χ1v) is 4.69. The quantitative estimate of drug-likeness (QED) is 0.831. The first kappa shape index (κ1) is 11.3. The number of methoxy groups -OCH3 is 1. The molecule has 0 spiro atoms. The predicted octanol–water partition coefficient (Wildman–Crippen LogP) is 1.93. The Hall–Kier alpha value is -2.24. The van der Waals surface area contributed by atoms with E-state index < -0.39 is 17.4 Å². The molecule has 1 N–H and O–H groups in total. The standard InChI is InChI=1S/C11H8F2N2O2/c1-17-11-7(2-6(12)3-8(11)13)10(16)9-4-14-5-15-9/h2-5H,1H3,(H,14,15). The monoisotopic (exact) mass is 238 g/mol. The molecule has 0 amide bonds. The first-order valence-electron chi connectivity index (χ1n) is 4.69. The highest BCUT2D eigenvalue weighted by Gasteiger charge is 2.20. The molecule has 1 heterocycles. The van der Waals surface area contributed by atoms with Crippen LogP contribution in [0.5, 0.6) is 5.75 Å². The number of imidazole rings is 1. The molecule has 17 heavy (non-hydrogen) atoms. The molecule has 6 heteroatoms. The number of benzene rings is 1. The van der Waals surface area contributed by atoms with Crippen molar-refractivity contribution in [3.63, 3.8) is 0 Å². The number of nitrogens with zero attached hydrogens (tertiary/aromatic N) is 1. The van der Waals surface area contributed by atoms with Crippen molar-refractivity contribution in [2.75, 3.05) is 7.11 Å². The van der Waals surface area contributed by atoms with Crippen LogP contribution in [0.2, 0.25) is 0 Å². The highest BCUT2D eigenvalue weighted by molar-refractivity contribution is 6.09. The molecule has 2 aromatic rings. The summed E-state index contributed by atoms with van der Waals surface area (Å²) in [4.78, 5) is 18.1. The van der Waals surface area contributed by atoms with Gasteiger partial charge >= 0.3 is 0 Å². The summed E-state index contributed by atoms with van der Waals surface area (Å²) in [5, 5.41) is 0. The molecule has 0 saturated heterocycles. The number of carbonyl (C=O) groups excluding carboxylic acids is 1. The highest BCUT2D eigenvalue weighted by Crippen LogP contribution is 2.25. The average Bonchev–Trinajstić information content (AvgIpc) is 2.80. The molecule has 0 fully saturated rings. The van der Waals surface area contributed by atoms with Crippen LogP contribution in [-0.2, 0) is 0 Å². The zero-order chi connectivity index (χ0) is 12.4. The van der Waals surface area contributed by atoms with Crippen molar-refractivity contribution < 1.29 is 18.3 Å². The van der Waals surface area contributed by atoms with Crippen LogP contribution in [0.15, 0.2) is 24.7 Å². The molecule has 0 aliphatic carbocycles. The zero-order valence-corrected chi connectivity index (χ0v) is 8.83. The lowest BCUT2D eigenvalue weighted by Gasteiger charge is -2.07. The van der Waals surface area contributed by atoms with Crippen LogP contribution >= 0.6 is 0 Å². The lowest BCUT2D eigenvalue weighted by molar-refractivity contribution is 0.103. The third-order valence-electron chi connectivity index (χ3n) is 2.20. The van der Waals surface area contributed by atoms with Crippen LogP contribution in [0.3, 0.4) is 0 Å². The van der Waals surface area contributed by atoms with Gasteiger partial charge in [0.2, 0.25) is 5.78 Å². The van der Waals surface area contributed by atoms with Crippen LogP contribution in [-0.4, -0.2) is 22.9 Å². The van der Waals surface area contributed by atoms with E-state index in [0.717, 1.165) is 6.07 Å². The van der Waals surface area contributed by atoms with Crippen molar-refractivity contribution in [3.05, 3.63) is 47.5 Å². The summed E-state index contributed by atoms with van der Waals surface area (Å²) in [5.74, 6) is -2.63. The minimum absolute atomic E-state index is 0.133. The molecule has 2 rings (SSSR count). The first-order chi connectivity index (χ1) is 8.13. The summed E-state index contributed by atoms with van der Waals surface area (Å²) in [6.45, 7) is 0. The van der Waals surface area contributed by atoms with Crippen LogP contribution in [0.1, 0.15) is 16.1 Å². The van der Waals surface area contributed by atoms with Gasteiger partial charge in [0.25, 0.3) is 0 Å². The van der Waals surface area contributed by atoms with E-state index in [2.05, 4.69) is 9.97 Å². The van der Waals surface area contributed by atoms with Gasteiger partial charge in [-0.2, -0.15) is 0 Å². The average molecular weight is 238 g/mol. The van der Waals surface area contributed by atoms with Gasteiger partial charge in [-0.1, -0.05) is 0 Å². The van der Waals surface area contributed by atoms with E-state index >= 15 is 0 Å². The number of halogens is 2. The number of aromatic amines is 1. The molecule has 0 radical (unpaired) electrons. The Labute approximate surface area is 95.3 Å². The Morgan fingerprint density at radius 3 is 2.76 bits per heavy atom. The number of nitrogens with one attached hydrogen (secondary N) is 1. The number of aromatic nitrogens is 2. The minimum Gasteiger partial charge on any atom is -0.493 e. The van der Waals surface area contributed by atoms with E-state index in [0.29, 0.717) is 6.07 Å². The summed E-state index contributed by atoms with van der Waals surface area (Å²) >= 11 is 0. The second-order valence-corrected chi connectivity index (χ2v) is 3.26. The number of ketones is 1. The van der Waals surface area contributed by atoms with E-state index in [1.165, 1.54) is 19.6 Å². The maximum Gasteiger partial charge on any atom is 0.214 e. The Morgan fingerprint density at radius 1 is 1.41 bits per heavy atom.